The van der Waals surface area contributed by atoms with E-state index < -0.39 is 0 Å². The maximum Gasteiger partial charge on any atom is 0.177 e. The molecule has 0 aromatic heterocycles. The highest BCUT2D eigenvalue weighted by Crippen LogP contribution is 2.24. The zero-order valence-corrected chi connectivity index (χ0v) is 15.4. The van der Waals surface area contributed by atoms with E-state index in [9.17, 15) is 19.8 Å². The van der Waals surface area contributed by atoms with E-state index >= 15 is 0 Å². The summed E-state index contributed by atoms with van der Waals surface area (Å²) in [4.78, 5) is 22.1. The number of rotatable bonds is 4. The summed E-state index contributed by atoms with van der Waals surface area (Å²) in [6, 6.07) is 7.75. The van der Waals surface area contributed by atoms with Crippen molar-refractivity contribution in [1.29, 1.82) is 0 Å². The van der Waals surface area contributed by atoms with E-state index in [0.717, 1.165) is 12.1 Å². The Morgan fingerprint density at radius 3 is 1.29 bits per heavy atom. The zero-order chi connectivity index (χ0) is 18.3. The van der Waals surface area contributed by atoms with E-state index in [1.165, 1.54) is 24.3 Å². The Hall–Kier alpha value is -2.06. The maximum absolute atomic E-state index is 11.1. The summed E-state index contributed by atoms with van der Waals surface area (Å²) in [5, 5.41) is 36.5. The molecule has 8 heteroatoms. The molecule has 6 nitrogen and oxygen atoms in total. The summed E-state index contributed by atoms with van der Waals surface area (Å²) in [5.41, 5.74) is 0.425. The highest BCUT2D eigenvalue weighted by Gasteiger charge is 2.10. The van der Waals surface area contributed by atoms with Crippen LogP contribution in [0.25, 0.3) is 0 Å². The van der Waals surface area contributed by atoms with Gasteiger partial charge < -0.3 is 20.4 Å². The van der Waals surface area contributed by atoms with E-state index in [-0.39, 0.29) is 56.4 Å². The molecular formula is C16H14Br2O6. The average Bonchev–Trinajstić information content (AvgIpc) is 2.54. The fourth-order valence-electron chi connectivity index (χ4n) is 1.66. The number of halogens is 2. The third-order valence-electron chi connectivity index (χ3n) is 2.81. The number of aromatic hydroxyl groups is 4. The minimum Gasteiger partial charge on any atom is -0.508 e. The molecule has 2 rings (SSSR count). The van der Waals surface area contributed by atoms with Crippen LogP contribution in [0.2, 0.25) is 0 Å². The van der Waals surface area contributed by atoms with Crippen LogP contribution in [0.15, 0.2) is 36.4 Å². The quantitative estimate of drug-likeness (QED) is 0.410. The van der Waals surface area contributed by atoms with Crippen LogP contribution in [0, 0.1) is 0 Å². The number of benzene rings is 2. The van der Waals surface area contributed by atoms with Crippen LogP contribution in [0.3, 0.4) is 0 Å². The topological polar surface area (TPSA) is 115 Å². The zero-order valence-electron chi connectivity index (χ0n) is 12.2. The van der Waals surface area contributed by atoms with Crippen molar-refractivity contribution in [3.05, 3.63) is 47.5 Å². The monoisotopic (exact) mass is 460 g/mol. The molecule has 24 heavy (non-hydrogen) atoms. The lowest BCUT2D eigenvalue weighted by Gasteiger charge is -2.00. The van der Waals surface area contributed by atoms with Gasteiger partial charge in [-0.25, -0.2) is 0 Å². The molecule has 0 unspecified atom stereocenters. The number of hydrogen-bond donors (Lipinski definition) is 4. The number of phenolic OH excluding ortho intramolecular Hbond substituents is 4. The molecule has 0 saturated heterocycles. The second-order valence-corrected chi connectivity index (χ2v) is 5.64. The Kier molecular flexibility index (Phi) is 7.73. The minimum atomic E-state index is -0.215. The summed E-state index contributed by atoms with van der Waals surface area (Å²) in [7, 11) is 0. The van der Waals surface area contributed by atoms with E-state index in [4.69, 9.17) is 10.2 Å². The number of hydrogen-bond acceptors (Lipinski definition) is 6. The number of carbonyl (C=O) groups excluding carboxylic acids is 2. The van der Waals surface area contributed by atoms with E-state index in [1.807, 2.05) is 0 Å². The molecule has 0 aliphatic heterocycles. The van der Waals surface area contributed by atoms with Crippen molar-refractivity contribution in [1.82, 2.24) is 0 Å². The number of Topliss-reactive ketones (excluding diaryl/α,β-unsaturated/α-hetero) is 2. The van der Waals surface area contributed by atoms with Gasteiger partial charge in [-0.15, -0.1) is 0 Å². The molecule has 0 fully saturated rings. The van der Waals surface area contributed by atoms with Crippen LogP contribution in [-0.2, 0) is 0 Å². The van der Waals surface area contributed by atoms with Gasteiger partial charge >= 0.3 is 0 Å². The largest absolute Gasteiger partial charge is 0.508 e. The van der Waals surface area contributed by atoms with Crippen LogP contribution in [0.4, 0.5) is 0 Å². The number of alkyl halides is 2. The van der Waals surface area contributed by atoms with Gasteiger partial charge in [0, 0.05) is 12.1 Å². The predicted octanol–water partition coefficient (Wildman–Crippen LogP) is 3.35. The van der Waals surface area contributed by atoms with E-state index in [2.05, 4.69) is 31.9 Å². The number of phenols is 4. The average molecular weight is 462 g/mol. The van der Waals surface area contributed by atoms with Gasteiger partial charge in [0.15, 0.2) is 11.6 Å². The highest BCUT2D eigenvalue weighted by molar-refractivity contribution is 9.09. The standard InChI is InChI=1S/2C8H7BrO3/c2*9-4-8(12)6-2-1-5(10)3-7(6)11/h2*1-3,10-11H,4H2. The summed E-state index contributed by atoms with van der Waals surface area (Å²) in [6.45, 7) is 0. The summed E-state index contributed by atoms with van der Waals surface area (Å²) in [5.74, 6) is -0.934. The van der Waals surface area contributed by atoms with Crippen molar-refractivity contribution < 1.29 is 30.0 Å². The molecular weight excluding hydrogens is 448 g/mol. The Morgan fingerprint density at radius 1 is 0.708 bits per heavy atom. The second kappa shape index (κ2) is 9.29. The van der Waals surface area contributed by atoms with Gasteiger partial charge in [0.1, 0.15) is 23.0 Å². The van der Waals surface area contributed by atoms with Gasteiger partial charge in [0.05, 0.1) is 21.8 Å². The first kappa shape index (κ1) is 20.0. The molecule has 0 radical (unpaired) electrons. The lowest BCUT2D eigenvalue weighted by atomic mass is 10.1. The molecule has 0 aliphatic rings. The van der Waals surface area contributed by atoms with Crippen LogP contribution in [0.1, 0.15) is 20.7 Å². The van der Waals surface area contributed by atoms with Gasteiger partial charge in [0.25, 0.3) is 0 Å². The Balaban J connectivity index is 0.000000240. The smallest absolute Gasteiger partial charge is 0.177 e. The molecule has 0 atom stereocenters. The van der Waals surface area contributed by atoms with Crippen molar-refractivity contribution in [2.45, 2.75) is 0 Å². The summed E-state index contributed by atoms with van der Waals surface area (Å²) >= 11 is 5.96. The summed E-state index contributed by atoms with van der Waals surface area (Å²) in [6.07, 6.45) is 0. The van der Waals surface area contributed by atoms with Gasteiger partial charge in [-0.05, 0) is 24.3 Å². The Morgan fingerprint density at radius 2 is 1.04 bits per heavy atom. The fourth-order valence-corrected chi connectivity index (χ4v) is 2.26. The summed E-state index contributed by atoms with van der Waals surface area (Å²) < 4.78 is 0. The molecule has 0 saturated carbocycles. The highest BCUT2D eigenvalue weighted by atomic mass is 79.9. The number of carbonyl (C=O) groups is 2. The van der Waals surface area contributed by atoms with Crippen molar-refractivity contribution in [3.8, 4) is 23.0 Å². The van der Waals surface area contributed by atoms with Crippen LogP contribution < -0.4 is 0 Å². The molecule has 2 aromatic rings. The Bertz CT molecular complexity index is 682. The SMILES string of the molecule is O=C(CBr)c1ccc(O)cc1O.O=C(CBr)c1ccc(O)cc1O. The fraction of sp³-hybridized carbons (Fsp3) is 0.125. The van der Waals surface area contributed by atoms with Gasteiger partial charge in [-0.1, -0.05) is 31.9 Å². The van der Waals surface area contributed by atoms with Crippen LogP contribution in [-0.4, -0.2) is 42.7 Å². The molecule has 0 spiro atoms. The first-order valence-corrected chi connectivity index (χ1v) is 8.76. The van der Waals surface area contributed by atoms with Crippen molar-refractivity contribution >= 4 is 43.4 Å². The molecule has 0 heterocycles. The minimum absolute atomic E-state index is 0.0568. The van der Waals surface area contributed by atoms with Gasteiger partial charge in [-0.2, -0.15) is 0 Å². The van der Waals surface area contributed by atoms with Crippen molar-refractivity contribution in [3.63, 3.8) is 0 Å². The predicted molar refractivity (Wildman–Crippen MR) is 95.8 cm³/mol. The van der Waals surface area contributed by atoms with Crippen molar-refractivity contribution in [2.75, 3.05) is 10.7 Å². The normalized spacial score (nSPS) is 9.75. The second-order valence-electron chi connectivity index (χ2n) is 4.52. The van der Waals surface area contributed by atoms with Crippen molar-refractivity contribution in [2.24, 2.45) is 0 Å². The van der Waals surface area contributed by atoms with Gasteiger partial charge in [-0.3, -0.25) is 9.59 Å². The maximum atomic E-state index is 11.1. The molecule has 2 aromatic carbocycles. The first-order valence-electron chi connectivity index (χ1n) is 6.52. The molecule has 128 valence electrons. The lowest BCUT2D eigenvalue weighted by Crippen LogP contribution is -1.99. The molecule has 0 aliphatic carbocycles. The van der Waals surface area contributed by atoms with Gasteiger partial charge in [0.2, 0.25) is 0 Å². The first-order chi connectivity index (χ1) is 11.3. The third-order valence-corrected chi connectivity index (χ3v) is 3.82. The lowest BCUT2D eigenvalue weighted by molar-refractivity contribution is 0.101. The van der Waals surface area contributed by atoms with Crippen LogP contribution in [0.5, 0.6) is 23.0 Å². The molecule has 4 N–H and O–H groups in total. The third kappa shape index (κ3) is 5.54. The van der Waals surface area contributed by atoms with E-state index in [0.29, 0.717) is 0 Å². The molecule has 0 bridgehead atoms. The van der Waals surface area contributed by atoms with Crippen LogP contribution >= 0.6 is 31.9 Å². The number of ketones is 2. The Labute approximate surface area is 154 Å². The van der Waals surface area contributed by atoms with E-state index in [1.54, 1.807) is 0 Å². The molecule has 0 amide bonds.